The molecule has 1 aliphatic rings. The molecule has 0 aliphatic heterocycles. The van der Waals surface area contributed by atoms with Crippen molar-refractivity contribution in [2.75, 3.05) is 35.6 Å². The van der Waals surface area contributed by atoms with E-state index in [0.717, 1.165) is 50.9 Å². The highest BCUT2D eigenvalue weighted by Crippen LogP contribution is 2.27. The number of anilines is 3. The predicted octanol–water partition coefficient (Wildman–Crippen LogP) is 3.05. The van der Waals surface area contributed by atoms with E-state index in [0.29, 0.717) is 28.0 Å². The molecular formula is C19H31N7O2S2. The summed E-state index contributed by atoms with van der Waals surface area (Å²) in [6, 6.07) is 1.83. The highest BCUT2D eigenvalue weighted by atomic mass is 32.2. The van der Waals surface area contributed by atoms with Crippen LogP contribution in [0.4, 0.5) is 17.8 Å². The van der Waals surface area contributed by atoms with Gasteiger partial charge in [0, 0.05) is 25.7 Å². The smallest absolute Gasteiger partial charge is 0.250 e. The van der Waals surface area contributed by atoms with Gasteiger partial charge in [0.2, 0.25) is 17.8 Å². The average molecular weight is 454 g/mol. The van der Waals surface area contributed by atoms with E-state index in [-0.39, 0.29) is 6.04 Å². The molecule has 0 unspecified atom stereocenters. The Kier molecular flexibility index (Phi) is 7.84. The molecule has 11 heteroatoms. The van der Waals surface area contributed by atoms with Crippen LogP contribution in [0, 0.1) is 12.8 Å². The fourth-order valence-electron chi connectivity index (χ4n) is 3.56. The summed E-state index contributed by atoms with van der Waals surface area (Å²) < 4.78 is 28.5. The molecule has 4 N–H and O–H groups in total. The summed E-state index contributed by atoms with van der Waals surface area (Å²) in [5.74, 6) is 2.10. The standard InChI is InChI=1S/C19H31N7O2S2/c1-4-20-17-23-18(21-5-2)25-19(24-17)22-12-14-6-8-15(9-7-14)26-30(27,28)16-13(3)10-11-29-16/h10-11,14-15,26H,4-9,12H2,1-3H3,(H3,20,21,22,23,24,25). The highest BCUT2D eigenvalue weighted by Gasteiger charge is 2.27. The molecule has 30 heavy (non-hydrogen) atoms. The minimum absolute atomic E-state index is 0.00867. The van der Waals surface area contributed by atoms with E-state index in [4.69, 9.17) is 0 Å². The summed E-state index contributed by atoms with van der Waals surface area (Å²) in [5.41, 5.74) is 0.802. The Morgan fingerprint density at radius 3 is 2.03 bits per heavy atom. The van der Waals surface area contributed by atoms with Crippen molar-refractivity contribution in [3.05, 3.63) is 17.0 Å². The van der Waals surface area contributed by atoms with Crippen molar-refractivity contribution >= 4 is 39.2 Å². The zero-order chi connectivity index (χ0) is 21.6. The van der Waals surface area contributed by atoms with Crippen molar-refractivity contribution < 1.29 is 8.42 Å². The Hall–Kier alpha value is -1.98. The highest BCUT2D eigenvalue weighted by molar-refractivity contribution is 7.91. The molecule has 0 radical (unpaired) electrons. The van der Waals surface area contributed by atoms with Crippen LogP contribution >= 0.6 is 11.3 Å². The Morgan fingerprint density at radius 2 is 1.53 bits per heavy atom. The van der Waals surface area contributed by atoms with Gasteiger partial charge < -0.3 is 16.0 Å². The van der Waals surface area contributed by atoms with E-state index < -0.39 is 10.0 Å². The summed E-state index contributed by atoms with van der Waals surface area (Å²) in [6.45, 7) is 8.05. The number of sulfonamides is 1. The zero-order valence-corrected chi connectivity index (χ0v) is 19.4. The maximum absolute atomic E-state index is 12.6. The number of rotatable bonds is 10. The molecule has 0 amide bonds. The Balaban J connectivity index is 1.51. The molecule has 166 valence electrons. The topological polar surface area (TPSA) is 121 Å². The van der Waals surface area contributed by atoms with Gasteiger partial charge >= 0.3 is 0 Å². The van der Waals surface area contributed by atoms with Crippen molar-refractivity contribution in [3.8, 4) is 0 Å². The largest absolute Gasteiger partial charge is 0.354 e. The molecule has 0 saturated heterocycles. The summed E-state index contributed by atoms with van der Waals surface area (Å²) in [4.78, 5) is 13.2. The maximum atomic E-state index is 12.6. The molecular weight excluding hydrogens is 422 g/mol. The van der Waals surface area contributed by atoms with Gasteiger partial charge in [-0.3, -0.25) is 0 Å². The van der Waals surface area contributed by atoms with Crippen LogP contribution in [0.15, 0.2) is 15.7 Å². The fraction of sp³-hybridized carbons (Fsp3) is 0.632. The van der Waals surface area contributed by atoms with Crippen LogP contribution in [0.25, 0.3) is 0 Å². The average Bonchev–Trinajstić information content (AvgIpc) is 3.15. The van der Waals surface area contributed by atoms with Crippen LogP contribution in [-0.4, -0.2) is 49.0 Å². The lowest BCUT2D eigenvalue weighted by atomic mass is 9.86. The van der Waals surface area contributed by atoms with Crippen LogP contribution in [0.2, 0.25) is 0 Å². The van der Waals surface area contributed by atoms with Gasteiger partial charge in [-0.25, -0.2) is 13.1 Å². The minimum Gasteiger partial charge on any atom is -0.354 e. The molecule has 9 nitrogen and oxygen atoms in total. The molecule has 1 aliphatic carbocycles. The third kappa shape index (κ3) is 6.02. The van der Waals surface area contributed by atoms with Gasteiger partial charge in [0.05, 0.1) is 0 Å². The molecule has 0 atom stereocenters. The van der Waals surface area contributed by atoms with Crippen LogP contribution in [0.3, 0.4) is 0 Å². The molecule has 2 heterocycles. The second-order valence-corrected chi connectivity index (χ2v) is 10.3. The van der Waals surface area contributed by atoms with Crippen molar-refractivity contribution in [1.82, 2.24) is 19.7 Å². The number of thiophene rings is 1. The molecule has 0 bridgehead atoms. The lowest BCUT2D eigenvalue weighted by molar-refractivity contribution is 0.324. The first-order valence-corrected chi connectivity index (χ1v) is 12.8. The fourth-order valence-corrected chi connectivity index (χ4v) is 6.30. The van der Waals surface area contributed by atoms with Crippen LogP contribution in [0.5, 0.6) is 0 Å². The summed E-state index contributed by atoms with van der Waals surface area (Å²) in [7, 11) is -3.43. The van der Waals surface area contributed by atoms with Crippen LogP contribution in [0.1, 0.15) is 45.1 Å². The third-order valence-corrected chi connectivity index (χ3v) is 8.29. The molecule has 0 spiro atoms. The predicted molar refractivity (Wildman–Crippen MR) is 122 cm³/mol. The Labute approximate surface area is 182 Å². The van der Waals surface area contributed by atoms with Gasteiger partial charge in [-0.15, -0.1) is 11.3 Å². The number of aryl methyl sites for hydroxylation is 1. The van der Waals surface area contributed by atoms with Crippen molar-refractivity contribution in [2.45, 2.75) is 56.7 Å². The molecule has 1 saturated carbocycles. The number of nitrogens with one attached hydrogen (secondary N) is 4. The first-order chi connectivity index (χ1) is 14.4. The number of hydrogen-bond donors (Lipinski definition) is 4. The molecule has 0 aromatic carbocycles. The SMILES string of the molecule is CCNc1nc(NCC)nc(NCC2CCC(NS(=O)(=O)c3sccc3C)CC2)n1. The van der Waals surface area contributed by atoms with Crippen LogP contribution < -0.4 is 20.7 Å². The summed E-state index contributed by atoms with van der Waals surface area (Å²) in [6.07, 6.45) is 3.57. The monoisotopic (exact) mass is 453 g/mol. The lowest BCUT2D eigenvalue weighted by Crippen LogP contribution is -2.38. The minimum atomic E-state index is -3.43. The third-order valence-electron chi connectivity index (χ3n) is 5.08. The van der Waals surface area contributed by atoms with Crippen molar-refractivity contribution in [2.24, 2.45) is 5.92 Å². The van der Waals surface area contributed by atoms with Gasteiger partial charge in [-0.05, 0) is 69.4 Å². The van der Waals surface area contributed by atoms with Crippen molar-refractivity contribution in [3.63, 3.8) is 0 Å². The summed E-state index contributed by atoms with van der Waals surface area (Å²) >= 11 is 1.27. The second kappa shape index (κ2) is 10.4. The Bertz CT molecular complexity index is 900. The van der Waals surface area contributed by atoms with E-state index in [1.54, 1.807) is 0 Å². The van der Waals surface area contributed by atoms with Crippen molar-refractivity contribution in [1.29, 1.82) is 0 Å². The van der Waals surface area contributed by atoms with E-state index >= 15 is 0 Å². The van der Waals surface area contributed by atoms with Gasteiger partial charge in [-0.1, -0.05) is 0 Å². The number of aromatic nitrogens is 3. The summed E-state index contributed by atoms with van der Waals surface area (Å²) in [5, 5.41) is 11.4. The normalized spacial score (nSPS) is 19.4. The van der Waals surface area contributed by atoms with E-state index in [9.17, 15) is 8.42 Å². The molecule has 1 fully saturated rings. The van der Waals surface area contributed by atoms with E-state index in [1.165, 1.54) is 11.3 Å². The van der Waals surface area contributed by atoms with Gasteiger partial charge in [-0.2, -0.15) is 15.0 Å². The van der Waals surface area contributed by atoms with E-state index in [1.807, 2.05) is 32.2 Å². The van der Waals surface area contributed by atoms with Gasteiger partial charge in [0.25, 0.3) is 10.0 Å². The maximum Gasteiger partial charge on any atom is 0.250 e. The van der Waals surface area contributed by atoms with Crippen LogP contribution in [-0.2, 0) is 10.0 Å². The van der Waals surface area contributed by atoms with E-state index in [2.05, 4.69) is 35.6 Å². The second-order valence-electron chi connectivity index (χ2n) is 7.48. The lowest BCUT2D eigenvalue weighted by Gasteiger charge is -2.29. The number of hydrogen-bond acceptors (Lipinski definition) is 9. The number of nitrogens with zero attached hydrogens (tertiary/aromatic N) is 3. The van der Waals surface area contributed by atoms with Gasteiger partial charge in [0.1, 0.15) is 4.21 Å². The zero-order valence-electron chi connectivity index (χ0n) is 17.7. The van der Waals surface area contributed by atoms with Gasteiger partial charge in [0.15, 0.2) is 0 Å². The molecule has 3 rings (SSSR count). The first kappa shape index (κ1) is 22.7. The molecule has 2 aromatic heterocycles. The Morgan fingerprint density at radius 1 is 0.967 bits per heavy atom. The first-order valence-electron chi connectivity index (χ1n) is 10.4. The quantitative estimate of drug-likeness (QED) is 0.433. The molecule has 2 aromatic rings.